The second kappa shape index (κ2) is 24.5. The second-order valence-corrected chi connectivity index (χ2v) is 20.1. The van der Waals surface area contributed by atoms with E-state index in [1.165, 1.54) is 24.5 Å². The van der Waals surface area contributed by atoms with Crippen LogP contribution in [0.4, 0.5) is 26.3 Å². The summed E-state index contributed by atoms with van der Waals surface area (Å²) in [6, 6.07) is 22.4. The number of rotatable bonds is 16. The first-order valence-corrected chi connectivity index (χ1v) is 25.9. The van der Waals surface area contributed by atoms with E-state index in [2.05, 4.69) is 41.4 Å². The average molecular weight is 1070 g/mol. The van der Waals surface area contributed by atoms with Gasteiger partial charge in [0.25, 0.3) is 23.6 Å². The molecule has 2 saturated heterocycles. The standard InChI is InChI=1S/C24H24F3N5O5S.C24H24F3N5O3S/c25-24(26,27)21-19(15-32(31-21)17-4-2-1-3-5-17)23(34)29-11-10-28-22(33)16-6-7-20(30-14-16)37-18-8-12-38(35,36)13-9-18;25-24(26,27)21-19(15-32(31-21)17-4-2-1-3-5-17)23(34)29-11-10-28-22(33)16-6-7-20(30-14-16)35-18-8-12-36-13-9-18/h1-7,14-15,18H,8-13H2,(H,28,33)(H,29,34);1-7,14-15,18H,8-13H2,(H,28,33)(H,29,34). The smallest absolute Gasteiger partial charge is 0.435 e. The van der Waals surface area contributed by atoms with Gasteiger partial charge in [0.1, 0.15) is 12.2 Å². The van der Waals surface area contributed by atoms with Crippen LogP contribution in [0.15, 0.2) is 110 Å². The highest BCUT2D eigenvalue weighted by atomic mass is 32.2. The first-order chi connectivity index (χ1) is 35.3. The summed E-state index contributed by atoms with van der Waals surface area (Å²) in [6.07, 6.45) is -2.41. The molecule has 74 heavy (non-hydrogen) atoms. The largest absolute Gasteiger partial charge is 0.474 e. The van der Waals surface area contributed by atoms with Crippen LogP contribution in [0.2, 0.25) is 0 Å². The molecule has 26 heteroatoms. The Kier molecular flexibility index (Phi) is 18.0. The number of hydrogen-bond donors (Lipinski definition) is 4. The summed E-state index contributed by atoms with van der Waals surface area (Å²) < 4.78 is 117. The third-order valence-corrected chi connectivity index (χ3v) is 13.9. The maximum atomic E-state index is 13.5. The van der Waals surface area contributed by atoms with Crippen molar-refractivity contribution in [1.82, 2.24) is 50.8 Å². The van der Waals surface area contributed by atoms with E-state index in [1.54, 1.807) is 72.8 Å². The molecule has 0 aliphatic carbocycles. The highest BCUT2D eigenvalue weighted by molar-refractivity contribution is 7.99. The Balaban J connectivity index is 0.000000217. The number of benzene rings is 2. The molecule has 0 bridgehead atoms. The predicted molar refractivity (Wildman–Crippen MR) is 258 cm³/mol. The SMILES string of the molecule is O=C(NCCNC(=O)c1cn(-c2ccccc2)nc1C(F)(F)F)c1ccc(OC2CCS(=O)(=O)CC2)nc1.O=C(NCCNC(=O)c1cn(-c2ccccc2)nc1C(F)(F)F)c1ccc(OC2CCSCC2)nc1. The van der Waals surface area contributed by atoms with Gasteiger partial charge >= 0.3 is 12.4 Å². The number of halogens is 6. The number of amides is 4. The van der Waals surface area contributed by atoms with E-state index in [-0.39, 0.29) is 61.3 Å². The molecule has 4 aromatic heterocycles. The summed E-state index contributed by atoms with van der Waals surface area (Å²) in [7, 11) is -3.01. The zero-order valence-corrected chi connectivity index (χ0v) is 40.7. The van der Waals surface area contributed by atoms with Crippen LogP contribution < -0.4 is 30.7 Å². The molecule has 0 saturated carbocycles. The van der Waals surface area contributed by atoms with Gasteiger partial charge in [0.15, 0.2) is 21.2 Å². The molecule has 392 valence electrons. The van der Waals surface area contributed by atoms with Crippen molar-refractivity contribution in [3.8, 4) is 23.1 Å². The van der Waals surface area contributed by atoms with Crippen molar-refractivity contribution in [2.24, 2.45) is 0 Å². The van der Waals surface area contributed by atoms with E-state index in [4.69, 9.17) is 9.47 Å². The average Bonchev–Trinajstić information content (AvgIpc) is 4.07. The summed E-state index contributed by atoms with van der Waals surface area (Å²) in [5.41, 5.74) is -2.58. The molecule has 2 aliphatic heterocycles. The van der Waals surface area contributed by atoms with E-state index < -0.39 is 68.3 Å². The fourth-order valence-corrected chi connectivity index (χ4v) is 9.83. The van der Waals surface area contributed by atoms with E-state index in [9.17, 15) is 53.9 Å². The van der Waals surface area contributed by atoms with Crippen molar-refractivity contribution in [2.75, 3.05) is 49.2 Å². The van der Waals surface area contributed by atoms with Crippen molar-refractivity contribution in [1.29, 1.82) is 0 Å². The number of carbonyl (C=O) groups is 4. The van der Waals surface area contributed by atoms with Crippen LogP contribution in [-0.2, 0) is 22.2 Å². The van der Waals surface area contributed by atoms with Crippen LogP contribution >= 0.6 is 11.8 Å². The molecule has 4 amide bonds. The molecule has 0 atom stereocenters. The van der Waals surface area contributed by atoms with Gasteiger partial charge in [0.05, 0.1) is 45.1 Å². The lowest BCUT2D eigenvalue weighted by atomic mass is 10.2. The quantitative estimate of drug-likeness (QED) is 0.0633. The van der Waals surface area contributed by atoms with Crippen LogP contribution in [-0.4, -0.2) is 123 Å². The minimum atomic E-state index is -4.83. The number of para-hydroxylation sites is 2. The topological polar surface area (TPSA) is 230 Å². The lowest BCUT2D eigenvalue weighted by molar-refractivity contribution is -0.142. The van der Waals surface area contributed by atoms with Gasteiger partial charge in [-0.3, -0.25) is 19.2 Å². The maximum absolute atomic E-state index is 13.5. The van der Waals surface area contributed by atoms with E-state index in [0.29, 0.717) is 35.7 Å². The Morgan fingerprint density at radius 1 is 0.554 bits per heavy atom. The Morgan fingerprint density at radius 3 is 1.30 bits per heavy atom. The molecule has 4 N–H and O–H groups in total. The number of sulfone groups is 1. The Hall–Kier alpha value is -7.48. The number of nitrogens with one attached hydrogen (secondary N) is 4. The van der Waals surface area contributed by atoms with Gasteiger partial charge in [-0.1, -0.05) is 36.4 Å². The molecular weight excluding hydrogens is 1020 g/mol. The highest BCUT2D eigenvalue weighted by Crippen LogP contribution is 2.33. The molecule has 2 fully saturated rings. The predicted octanol–water partition coefficient (Wildman–Crippen LogP) is 6.12. The first-order valence-electron chi connectivity index (χ1n) is 22.9. The number of nitrogens with zero attached hydrogens (tertiary/aromatic N) is 6. The number of pyridine rings is 2. The van der Waals surface area contributed by atoms with Crippen molar-refractivity contribution < 1.29 is 63.4 Å². The van der Waals surface area contributed by atoms with Crippen LogP contribution in [0.25, 0.3) is 11.4 Å². The molecule has 2 aliphatic rings. The number of thioether (sulfide) groups is 1. The fraction of sp³-hybridized carbons (Fsp3) is 0.333. The van der Waals surface area contributed by atoms with Gasteiger partial charge in [-0.15, -0.1) is 0 Å². The van der Waals surface area contributed by atoms with E-state index >= 15 is 0 Å². The summed E-state index contributed by atoms with van der Waals surface area (Å²) in [4.78, 5) is 57.9. The Bertz CT molecular complexity index is 2960. The van der Waals surface area contributed by atoms with Crippen LogP contribution in [0, 0.1) is 0 Å². The molecule has 0 unspecified atom stereocenters. The second-order valence-electron chi connectivity index (χ2n) is 16.5. The van der Waals surface area contributed by atoms with Crippen LogP contribution in [0.3, 0.4) is 0 Å². The lowest BCUT2D eigenvalue weighted by Gasteiger charge is -2.22. The first kappa shape index (κ1) is 54.3. The number of alkyl halides is 6. The van der Waals surface area contributed by atoms with Gasteiger partial charge < -0.3 is 30.7 Å². The number of aromatic nitrogens is 6. The van der Waals surface area contributed by atoms with Crippen LogP contribution in [0.5, 0.6) is 11.8 Å². The zero-order chi connectivity index (χ0) is 52.9. The summed E-state index contributed by atoms with van der Waals surface area (Å²) in [6.45, 7) is -0.241. The molecule has 0 radical (unpaired) electrons. The van der Waals surface area contributed by atoms with E-state index in [1.807, 2.05) is 11.8 Å². The number of hydrogen-bond acceptors (Lipinski definition) is 13. The number of carbonyl (C=O) groups excluding carboxylic acids is 4. The lowest BCUT2D eigenvalue weighted by Crippen LogP contribution is -2.35. The summed E-state index contributed by atoms with van der Waals surface area (Å²) >= 11 is 1.89. The van der Waals surface area contributed by atoms with Crippen molar-refractivity contribution in [3.05, 3.63) is 143 Å². The molecule has 8 rings (SSSR count). The molecule has 6 heterocycles. The minimum absolute atomic E-state index is 0.0107. The molecular formula is C48H48F6N10O8S2. The van der Waals surface area contributed by atoms with Gasteiger partial charge in [-0.25, -0.2) is 27.7 Å². The maximum Gasteiger partial charge on any atom is 0.435 e. The van der Waals surface area contributed by atoms with Gasteiger partial charge in [-0.05, 0) is 73.6 Å². The Morgan fingerprint density at radius 2 is 0.932 bits per heavy atom. The van der Waals surface area contributed by atoms with E-state index in [0.717, 1.165) is 46.1 Å². The monoisotopic (exact) mass is 1070 g/mol. The Labute approximate surface area is 423 Å². The van der Waals surface area contributed by atoms with Crippen LogP contribution in [0.1, 0.15) is 78.5 Å². The molecule has 6 aromatic rings. The fourth-order valence-electron chi connectivity index (χ4n) is 7.31. The highest BCUT2D eigenvalue weighted by Gasteiger charge is 2.40. The van der Waals surface area contributed by atoms with Crippen molar-refractivity contribution >= 4 is 45.2 Å². The van der Waals surface area contributed by atoms with Crippen molar-refractivity contribution in [3.63, 3.8) is 0 Å². The molecule has 0 spiro atoms. The normalized spacial score (nSPS) is 14.9. The van der Waals surface area contributed by atoms with Gasteiger partial charge in [0.2, 0.25) is 11.8 Å². The molecule has 2 aromatic carbocycles. The number of ether oxygens (including phenoxy) is 2. The zero-order valence-electron chi connectivity index (χ0n) is 39.1. The minimum Gasteiger partial charge on any atom is -0.474 e. The third-order valence-electron chi connectivity index (χ3n) is 11.1. The third kappa shape index (κ3) is 15.3. The summed E-state index contributed by atoms with van der Waals surface area (Å²) in [5.74, 6) is 0.0734. The summed E-state index contributed by atoms with van der Waals surface area (Å²) in [5, 5.41) is 17.0. The van der Waals surface area contributed by atoms with Gasteiger partial charge in [0, 0.05) is 63.1 Å². The van der Waals surface area contributed by atoms with Crippen molar-refractivity contribution in [2.45, 2.75) is 50.2 Å². The molecule has 18 nitrogen and oxygen atoms in total. The van der Waals surface area contributed by atoms with Gasteiger partial charge in [-0.2, -0.15) is 48.3 Å².